The van der Waals surface area contributed by atoms with E-state index in [0.717, 1.165) is 0 Å². The van der Waals surface area contributed by atoms with Crippen molar-refractivity contribution in [3.8, 4) is 0 Å². The summed E-state index contributed by atoms with van der Waals surface area (Å²) in [6.45, 7) is 3.07. The van der Waals surface area contributed by atoms with E-state index in [1.807, 2.05) is 11.8 Å². The van der Waals surface area contributed by atoms with Crippen molar-refractivity contribution in [2.24, 2.45) is 0 Å². The van der Waals surface area contributed by atoms with E-state index in [0.29, 0.717) is 25.5 Å². The zero-order valence-electron chi connectivity index (χ0n) is 10.1. The molecule has 18 heavy (non-hydrogen) atoms. The lowest BCUT2D eigenvalue weighted by Gasteiger charge is -2.26. The molecule has 3 N–H and O–H groups in total. The van der Waals surface area contributed by atoms with Crippen LogP contribution in [0.25, 0.3) is 0 Å². The molecule has 0 spiro atoms. The monoisotopic (exact) mass is 250 g/mol. The van der Waals surface area contributed by atoms with Crippen molar-refractivity contribution in [3.05, 3.63) is 12.4 Å². The lowest BCUT2D eigenvalue weighted by Crippen LogP contribution is -2.39. The molecule has 1 aliphatic rings. The van der Waals surface area contributed by atoms with E-state index >= 15 is 0 Å². The van der Waals surface area contributed by atoms with Gasteiger partial charge in [-0.1, -0.05) is 0 Å². The second-order valence-electron chi connectivity index (χ2n) is 4.29. The first kappa shape index (κ1) is 12.8. The molecule has 1 aromatic rings. The van der Waals surface area contributed by atoms with Crippen LogP contribution in [0, 0.1) is 0 Å². The second kappa shape index (κ2) is 5.32. The molecule has 7 nitrogen and oxygen atoms in total. The van der Waals surface area contributed by atoms with E-state index in [1.54, 1.807) is 0 Å². The summed E-state index contributed by atoms with van der Waals surface area (Å²) in [6, 6.07) is 0.0985. The number of anilines is 1. The molecule has 0 aromatic carbocycles. The minimum absolute atomic E-state index is 0.0201. The van der Waals surface area contributed by atoms with Crippen LogP contribution in [0.1, 0.15) is 13.3 Å². The molecule has 1 aromatic heterocycles. The first-order valence-electron chi connectivity index (χ1n) is 5.79. The van der Waals surface area contributed by atoms with Crippen LogP contribution >= 0.6 is 0 Å². The minimum Gasteiger partial charge on any atom is -0.423 e. The summed E-state index contributed by atoms with van der Waals surface area (Å²) in [4.78, 5) is 21.4. The van der Waals surface area contributed by atoms with Crippen LogP contribution in [0.2, 0.25) is 0 Å². The third-order valence-electron chi connectivity index (χ3n) is 2.92. The maximum absolute atomic E-state index is 11.3. The van der Waals surface area contributed by atoms with Crippen molar-refractivity contribution in [1.82, 2.24) is 15.3 Å². The van der Waals surface area contributed by atoms with Gasteiger partial charge in [-0.15, -0.1) is 0 Å². The third kappa shape index (κ3) is 2.77. The summed E-state index contributed by atoms with van der Waals surface area (Å²) in [5.74, 6) is 0.509. The van der Waals surface area contributed by atoms with Crippen LogP contribution in [0.4, 0.5) is 5.95 Å². The van der Waals surface area contributed by atoms with Gasteiger partial charge in [-0.05, 0) is 6.92 Å². The van der Waals surface area contributed by atoms with E-state index < -0.39 is 7.12 Å². The number of carbonyl (C=O) groups is 1. The molecule has 1 saturated heterocycles. The van der Waals surface area contributed by atoms with Crippen LogP contribution in [-0.2, 0) is 4.79 Å². The van der Waals surface area contributed by atoms with E-state index in [4.69, 9.17) is 10.0 Å². The summed E-state index contributed by atoms with van der Waals surface area (Å²) < 4.78 is 0. The van der Waals surface area contributed by atoms with Gasteiger partial charge in [0.2, 0.25) is 11.9 Å². The zero-order valence-corrected chi connectivity index (χ0v) is 10.1. The van der Waals surface area contributed by atoms with Crippen LogP contribution in [-0.4, -0.2) is 52.2 Å². The van der Waals surface area contributed by atoms with Gasteiger partial charge >= 0.3 is 7.12 Å². The van der Waals surface area contributed by atoms with Crippen molar-refractivity contribution in [2.45, 2.75) is 19.4 Å². The van der Waals surface area contributed by atoms with Gasteiger partial charge in [-0.3, -0.25) is 4.79 Å². The maximum Gasteiger partial charge on any atom is 0.491 e. The molecule has 1 aliphatic heterocycles. The van der Waals surface area contributed by atoms with Crippen LogP contribution in [0.3, 0.4) is 0 Å². The Balaban J connectivity index is 2.16. The van der Waals surface area contributed by atoms with E-state index in [1.165, 1.54) is 12.4 Å². The highest BCUT2D eigenvalue weighted by molar-refractivity contribution is 6.58. The molecule has 0 saturated carbocycles. The van der Waals surface area contributed by atoms with E-state index in [2.05, 4.69) is 15.3 Å². The Morgan fingerprint density at radius 2 is 2.11 bits per heavy atom. The summed E-state index contributed by atoms with van der Waals surface area (Å²) in [5.41, 5.74) is 0.246. The topological polar surface area (TPSA) is 98.6 Å². The largest absolute Gasteiger partial charge is 0.491 e. The normalized spacial score (nSPS) is 20.3. The number of aromatic nitrogens is 2. The molecule has 8 heteroatoms. The molecule has 1 amide bonds. The van der Waals surface area contributed by atoms with Gasteiger partial charge in [-0.25, -0.2) is 9.97 Å². The average molecular weight is 250 g/mol. The fraction of sp³-hybridized carbons (Fsp3) is 0.500. The van der Waals surface area contributed by atoms with Gasteiger partial charge in [0.25, 0.3) is 0 Å². The smallest absolute Gasteiger partial charge is 0.423 e. The number of hydrogen-bond acceptors (Lipinski definition) is 6. The standard InChI is InChI=1S/C10H15BN4O3/c1-7-4-12-9(16)2-3-15(7)10-13-5-8(6-14-10)11(17)18/h5-7,17-18H,2-4H2,1H3,(H,12,16). The predicted molar refractivity (Wildman–Crippen MR) is 66.3 cm³/mol. The van der Waals surface area contributed by atoms with Crippen LogP contribution in [0.15, 0.2) is 12.4 Å². The fourth-order valence-corrected chi connectivity index (χ4v) is 1.81. The molecule has 2 rings (SSSR count). The molecule has 0 radical (unpaired) electrons. The number of rotatable bonds is 2. The number of carbonyl (C=O) groups excluding carboxylic acids is 1. The lowest BCUT2D eigenvalue weighted by molar-refractivity contribution is -0.120. The molecular weight excluding hydrogens is 235 g/mol. The van der Waals surface area contributed by atoms with E-state index in [-0.39, 0.29) is 17.4 Å². The minimum atomic E-state index is -1.57. The van der Waals surface area contributed by atoms with Crippen molar-refractivity contribution in [2.75, 3.05) is 18.0 Å². The summed E-state index contributed by atoms with van der Waals surface area (Å²) in [5, 5.41) is 20.7. The van der Waals surface area contributed by atoms with Crippen molar-refractivity contribution < 1.29 is 14.8 Å². The van der Waals surface area contributed by atoms with Gasteiger partial charge in [0, 0.05) is 43.4 Å². The Bertz CT molecular complexity index is 426. The number of nitrogens with one attached hydrogen (secondary N) is 1. The summed E-state index contributed by atoms with van der Waals surface area (Å²) in [6.07, 6.45) is 3.15. The first-order valence-corrected chi connectivity index (χ1v) is 5.79. The lowest BCUT2D eigenvalue weighted by atomic mass is 9.83. The Morgan fingerprint density at radius 1 is 1.44 bits per heavy atom. The fourth-order valence-electron chi connectivity index (χ4n) is 1.81. The van der Waals surface area contributed by atoms with Crippen molar-refractivity contribution in [3.63, 3.8) is 0 Å². The molecule has 1 fully saturated rings. The Kier molecular flexibility index (Phi) is 3.78. The quantitative estimate of drug-likeness (QED) is 0.519. The zero-order chi connectivity index (χ0) is 13.1. The molecule has 0 bridgehead atoms. The first-order chi connectivity index (χ1) is 8.58. The van der Waals surface area contributed by atoms with Gasteiger partial charge in [0.1, 0.15) is 0 Å². The number of hydrogen-bond donors (Lipinski definition) is 3. The van der Waals surface area contributed by atoms with Gasteiger partial charge < -0.3 is 20.3 Å². The van der Waals surface area contributed by atoms with Gasteiger partial charge in [-0.2, -0.15) is 0 Å². The molecular formula is C10H15BN4O3. The predicted octanol–water partition coefficient (Wildman–Crippen LogP) is -2.13. The summed E-state index contributed by atoms with van der Waals surface area (Å²) in [7, 11) is -1.57. The average Bonchev–Trinajstić information content (AvgIpc) is 2.52. The highest BCUT2D eigenvalue weighted by Gasteiger charge is 2.22. The molecule has 2 heterocycles. The van der Waals surface area contributed by atoms with Crippen molar-refractivity contribution >= 4 is 24.4 Å². The van der Waals surface area contributed by atoms with Gasteiger partial charge in [0.05, 0.1) is 0 Å². The van der Waals surface area contributed by atoms with Crippen LogP contribution in [0.5, 0.6) is 0 Å². The summed E-state index contributed by atoms with van der Waals surface area (Å²) >= 11 is 0. The SMILES string of the molecule is CC1CNC(=O)CCN1c1ncc(B(O)O)cn1. The maximum atomic E-state index is 11.3. The molecule has 1 atom stereocenters. The molecule has 96 valence electrons. The molecule has 1 unspecified atom stereocenters. The Morgan fingerprint density at radius 3 is 2.72 bits per heavy atom. The second-order valence-corrected chi connectivity index (χ2v) is 4.29. The van der Waals surface area contributed by atoms with Crippen LogP contribution < -0.4 is 15.7 Å². The Hall–Kier alpha value is -1.67. The third-order valence-corrected chi connectivity index (χ3v) is 2.92. The Labute approximate surface area is 105 Å². The number of amides is 1. The van der Waals surface area contributed by atoms with Gasteiger partial charge in [0.15, 0.2) is 0 Å². The number of nitrogens with zero attached hydrogens (tertiary/aromatic N) is 3. The molecule has 0 aliphatic carbocycles. The van der Waals surface area contributed by atoms with Crippen molar-refractivity contribution in [1.29, 1.82) is 0 Å². The highest BCUT2D eigenvalue weighted by Crippen LogP contribution is 2.12. The highest BCUT2D eigenvalue weighted by atomic mass is 16.4. The van der Waals surface area contributed by atoms with E-state index in [9.17, 15) is 4.79 Å².